The fraction of sp³-hybridized carbons (Fsp3) is 1.00. The fourth-order valence-electron chi connectivity index (χ4n) is 2.84. The highest BCUT2D eigenvalue weighted by atomic mass is 15.2. The highest BCUT2D eigenvalue weighted by Crippen LogP contribution is 2.33. The summed E-state index contributed by atoms with van der Waals surface area (Å²) in [5.74, 6) is 0. The predicted octanol–water partition coefficient (Wildman–Crippen LogP) is 1.61. The summed E-state index contributed by atoms with van der Waals surface area (Å²) in [5, 5.41) is 3.47. The zero-order valence-corrected chi connectivity index (χ0v) is 8.92. The SMILES string of the molecule is CCN(C1CC1)C1CCCC1NC. The molecule has 0 heterocycles. The molecule has 76 valence electrons. The number of rotatable bonds is 4. The quantitative estimate of drug-likeness (QED) is 0.710. The Morgan fingerprint density at radius 2 is 2.00 bits per heavy atom. The molecule has 0 aromatic rings. The lowest BCUT2D eigenvalue weighted by Crippen LogP contribution is -2.46. The van der Waals surface area contributed by atoms with Gasteiger partial charge in [-0.3, -0.25) is 4.90 Å². The molecule has 0 spiro atoms. The molecule has 2 unspecified atom stereocenters. The van der Waals surface area contributed by atoms with E-state index in [4.69, 9.17) is 0 Å². The van der Waals surface area contributed by atoms with Crippen molar-refractivity contribution in [1.29, 1.82) is 0 Å². The topological polar surface area (TPSA) is 15.3 Å². The van der Waals surface area contributed by atoms with Crippen LogP contribution in [0.5, 0.6) is 0 Å². The van der Waals surface area contributed by atoms with Crippen LogP contribution in [-0.4, -0.2) is 36.6 Å². The van der Waals surface area contributed by atoms with Crippen LogP contribution in [-0.2, 0) is 0 Å². The van der Waals surface area contributed by atoms with Crippen molar-refractivity contribution >= 4 is 0 Å². The Morgan fingerprint density at radius 3 is 2.54 bits per heavy atom. The number of likely N-dealkylation sites (N-methyl/N-ethyl adjacent to an activating group) is 2. The number of hydrogen-bond donors (Lipinski definition) is 1. The van der Waals surface area contributed by atoms with Gasteiger partial charge in [-0.15, -0.1) is 0 Å². The fourth-order valence-corrected chi connectivity index (χ4v) is 2.84. The van der Waals surface area contributed by atoms with E-state index < -0.39 is 0 Å². The van der Waals surface area contributed by atoms with E-state index in [2.05, 4.69) is 24.2 Å². The zero-order valence-electron chi connectivity index (χ0n) is 8.92. The van der Waals surface area contributed by atoms with E-state index in [-0.39, 0.29) is 0 Å². The van der Waals surface area contributed by atoms with Gasteiger partial charge in [-0.1, -0.05) is 13.3 Å². The highest BCUT2D eigenvalue weighted by Gasteiger charge is 2.38. The molecule has 0 radical (unpaired) electrons. The Morgan fingerprint density at radius 1 is 1.23 bits per heavy atom. The summed E-state index contributed by atoms with van der Waals surface area (Å²) in [6, 6.07) is 2.53. The molecule has 0 aromatic carbocycles. The largest absolute Gasteiger partial charge is 0.315 e. The van der Waals surface area contributed by atoms with Crippen molar-refractivity contribution in [2.45, 2.75) is 57.2 Å². The number of nitrogens with zero attached hydrogens (tertiary/aromatic N) is 1. The van der Waals surface area contributed by atoms with Crippen molar-refractivity contribution < 1.29 is 0 Å². The van der Waals surface area contributed by atoms with Gasteiger partial charge in [-0.2, -0.15) is 0 Å². The van der Waals surface area contributed by atoms with Crippen LogP contribution < -0.4 is 5.32 Å². The van der Waals surface area contributed by atoms with E-state index in [1.54, 1.807) is 0 Å². The van der Waals surface area contributed by atoms with E-state index in [1.165, 1.54) is 38.6 Å². The number of nitrogens with one attached hydrogen (secondary N) is 1. The monoisotopic (exact) mass is 182 g/mol. The summed E-state index contributed by atoms with van der Waals surface area (Å²) >= 11 is 0. The summed E-state index contributed by atoms with van der Waals surface area (Å²) in [6.45, 7) is 3.55. The van der Waals surface area contributed by atoms with Gasteiger partial charge >= 0.3 is 0 Å². The first-order valence-corrected chi connectivity index (χ1v) is 5.79. The van der Waals surface area contributed by atoms with E-state index >= 15 is 0 Å². The molecule has 2 rings (SSSR count). The van der Waals surface area contributed by atoms with Crippen LogP contribution in [0.1, 0.15) is 39.0 Å². The maximum Gasteiger partial charge on any atom is 0.0252 e. The van der Waals surface area contributed by atoms with Crippen molar-refractivity contribution in [2.75, 3.05) is 13.6 Å². The maximum atomic E-state index is 3.47. The van der Waals surface area contributed by atoms with E-state index in [0.29, 0.717) is 0 Å². The second-order valence-corrected chi connectivity index (χ2v) is 4.46. The Labute approximate surface area is 81.7 Å². The van der Waals surface area contributed by atoms with Gasteiger partial charge in [-0.25, -0.2) is 0 Å². The minimum Gasteiger partial charge on any atom is -0.315 e. The van der Waals surface area contributed by atoms with Gasteiger partial charge in [0.15, 0.2) is 0 Å². The molecular formula is C11H22N2. The Bertz CT molecular complexity index is 165. The van der Waals surface area contributed by atoms with Gasteiger partial charge in [0.1, 0.15) is 0 Å². The van der Waals surface area contributed by atoms with Crippen molar-refractivity contribution in [3.63, 3.8) is 0 Å². The Balaban J connectivity index is 1.95. The van der Waals surface area contributed by atoms with Gasteiger partial charge in [0.2, 0.25) is 0 Å². The van der Waals surface area contributed by atoms with Gasteiger partial charge in [-0.05, 0) is 39.3 Å². The summed E-state index contributed by atoms with van der Waals surface area (Å²) in [7, 11) is 2.11. The third kappa shape index (κ3) is 1.89. The van der Waals surface area contributed by atoms with Gasteiger partial charge in [0, 0.05) is 18.1 Å². The van der Waals surface area contributed by atoms with E-state index in [9.17, 15) is 0 Å². The molecule has 0 aliphatic heterocycles. The van der Waals surface area contributed by atoms with Crippen LogP contribution in [0.4, 0.5) is 0 Å². The third-order valence-electron chi connectivity index (χ3n) is 3.66. The number of hydrogen-bond acceptors (Lipinski definition) is 2. The second-order valence-electron chi connectivity index (χ2n) is 4.46. The molecule has 0 bridgehead atoms. The summed E-state index contributed by atoms with van der Waals surface area (Å²) in [6.07, 6.45) is 7.10. The first kappa shape index (κ1) is 9.47. The summed E-state index contributed by atoms with van der Waals surface area (Å²) in [5.41, 5.74) is 0. The van der Waals surface area contributed by atoms with Crippen molar-refractivity contribution in [2.24, 2.45) is 0 Å². The molecule has 0 amide bonds. The van der Waals surface area contributed by atoms with Crippen molar-refractivity contribution in [1.82, 2.24) is 10.2 Å². The lowest BCUT2D eigenvalue weighted by atomic mass is 10.1. The average molecular weight is 182 g/mol. The first-order valence-electron chi connectivity index (χ1n) is 5.79. The second kappa shape index (κ2) is 3.97. The van der Waals surface area contributed by atoms with Gasteiger partial charge in [0.05, 0.1) is 0 Å². The normalized spacial score (nSPS) is 34.4. The summed E-state index contributed by atoms with van der Waals surface area (Å²) in [4.78, 5) is 2.73. The minimum atomic E-state index is 0.764. The first-order chi connectivity index (χ1) is 6.36. The molecule has 2 aliphatic carbocycles. The molecule has 2 heteroatoms. The molecule has 2 saturated carbocycles. The summed E-state index contributed by atoms with van der Waals surface area (Å²) < 4.78 is 0. The van der Waals surface area contributed by atoms with Crippen LogP contribution in [0.25, 0.3) is 0 Å². The molecule has 0 saturated heterocycles. The van der Waals surface area contributed by atoms with Crippen molar-refractivity contribution in [3.05, 3.63) is 0 Å². The van der Waals surface area contributed by atoms with Gasteiger partial charge < -0.3 is 5.32 Å². The van der Waals surface area contributed by atoms with Crippen LogP contribution in [0, 0.1) is 0 Å². The van der Waals surface area contributed by atoms with Crippen LogP contribution in [0.3, 0.4) is 0 Å². The van der Waals surface area contributed by atoms with E-state index in [0.717, 1.165) is 18.1 Å². The average Bonchev–Trinajstić information content (AvgIpc) is 2.86. The molecule has 0 aromatic heterocycles. The van der Waals surface area contributed by atoms with Crippen LogP contribution in [0.2, 0.25) is 0 Å². The third-order valence-corrected chi connectivity index (χ3v) is 3.66. The minimum absolute atomic E-state index is 0.764. The molecule has 1 N–H and O–H groups in total. The smallest absolute Gasteiger partial charge is 0.0252 e. The van der Waals surface area contributed by atoms with Gasteiger partial charge in [0.25, 0.3) is 0 Å². The van der Waals surface area contributed by atoms with E-state index in [1.807, 2.05) is 0 Å². The molecule has 2 atom stereocenters. The van der Waals surface area contributed by atoms with Crippen LogP contribution >= 0.6 is 0 Å². The standard InChI is InChI=1S/C11H22N2/c1-3-13(9-7-8-9)11-6-4-5-10(11)12-2/h9-12H,3-8H2,1-2H3. The maximum absolute atomic E-state index is 3.47. The Hall–Kier alpha value is -0.0800. The van der Waals surface area contributed by atoms with Crippen molar-refractivity contribution in [3.8, 4) is 0 Å². The predicted molar refractivity (Wildman–Crippen MR) is 55.9 cm³/mol. The lowest BCUT2D eigenvalue weighted by molar-refractivity contribution is 0.174. The zero-order chi connectivity index (χ0) is 9.26. The molecule has 13 heavy (non-hydrogen) atoms. The molecule has 2 fully saturated rings. The molecular weight excluding hydrogens is 160 g/mol. The molecule has 2 aliphatic rings. The molecule has 2 nitrogen and oxygen atoms in total. The Kier molecular flexibility index (Phi) is 2.89. The highest BCUT2D eigenvalue weighted by molar-refractivity contribution is 4.95. The lowest BCUT2D eigenvalue weighted by Gasteiger charge is -2.32. The van der Waals surface area contributed by atoms with Crippen LogP contribution in [0.15, 0.2) is 0 Å².